The second kappa shape index (κ2) is 6.17. The normalized spacial score (nSPS) is 12.0. The van der Waals surface area contributed by atoms with Gasteiger partial charge in [0.2, 0.25) is 5.82 Å². The molecule has 4 nitrogen and oxygen atoms in total. The number of rotatable bonds is 4. The molecule has 0 saturated heterocycles. The zero-order valence-corrected chi connectivity index (χ0v) is 12.5. The third kappa shape index (κ3) is 3.55. The molecule has 0 aliphatic carbocycles. The van der Waals surface area contributed by atoms with Crippen LogP contribution in [0.1, 0.15) is 18.5 Å². The van der Waals surface area contributed by atoms with Gasteiger partial charge in [-0.2, -0.15) is 4.39 Å². The van der Waals surface area contributed by atoms with Crippen LogP contribution in [0.25, 0.3) is 0 Å². The maximum absolute atomic E-state index is 13.7. The van der Waals surface area contributed by atoms with Gasteiger partial charge in [-0.1, -0.05) is 28.1 Å². The third-order valence-electron chi connectivity index (χ3n) is 2.95. The molecule has 0 aliphatic heterocycles. The van der Waals surface area contributed by atoms with Crippen LogP contribution in [0.5, 0.6) is 0 Å². The lowest BCUT2D eigenvalue weighted by Gasteiger charge is -2.16. The molecule has 0 spiro atoms. The zero-order valence-electron chi connectivity index (χ0n) is 10.9. The van der Waals surface area contributed by atoms with Crippen molar-refractivity contribution in [3.63, 3.8) is 0 Å². The Kier molecular flexibility index (Phi) is 4.52. The van der Waals surface area contributed by atoms with E-state index < -0.39 is 22.2 Å². The van der Waals surface area contributed by atoms with Crippen LogP contribution < -0.4 is 5.32 Å². The molecule has 0 saturated carbocycles. The van der Waals surface area contributed by atoms with Crippen LogP contribution in [0, 0.1) is 21.7 Å². The molecule has 1 atom stereocenters. The van der Waals surface area contributed by atoms with Gasteiger partial charge >= 0.3 is 5.69 Å². The lowest BCUT2D eigenvalue weighted by atomic mass is 10.1. The second-order valence-corrected chi connectivity index (χ2v) is 5.38. The van der Waals surface area contributed by atoms with Crippen molar-refractivity contribution in [3.8, 4) is 0 Å². The Morgan fingerprint density at radius 1 is 1.24 bits per heavy atom. The first-order valence-electron chi connectivity index (χ1n) is 6.04. The SMILES string of the molecule is CC(Nc1cc([N+](=O)[O-])c(F)cc1F)c1cccc(Br)c1. The summed E-state index contributed by atoms with van der Waals surface area (Å²) < 4.78 is 27.9. The van der Waals surface area contributed by atoms with Gasteiger partial charge in [-0.15, -0.1) is 0 Å². The predicted octanol–water partition coefficient (Wildman–Crippen LogP) is 4.81. The number of nitro groups is 1. The fourth-order valence-corrected chi connectivity index (χ4v) is 2.30. The van der Waals surface area contributed by atoms with Gasteiger partial charge in [0, 0.05) is 22.6 Å². The van der Waals surface area contributed by atoms with Gasteiger partial charge in [0.25, 0.3) is 0 Å². The molecular weight excluding hydrogens is 346 g/mol. The number of nitrogens with zero attached hydrogens (tertiary/aromatic N) is 1. The summed E-state index contributed by atoms with van der Waals surface area (Å²) in [6, 6.07) is 8.40. The highest BCUT2D eigenvalue weighted by Gasteiger charge is 2.19. The highest BCUT2D eigenvalue weighted by atomic mass is 79.9. The van der Waals surface area contributed by atoms with Gasteiger partial charge in [-0.05, 0) is 24.6 Å². The van der Waals surface area contributed by atoms with Crippen molar-refractivity contribution in [3.05, 3.63) is 68.2 Å². The third-order valence-corrected chi connectivity index (χ3v) is 3.45. The van der Waals surface area contributed by atoms with Gasteiger partial charge in [-0.25, -0.2) is 4.39 Å². The maximum Gasteiger partial charge on any atom is 0.307 e. The number of halogens is 3. The summed E-state index contributed by atoms with van der Waals surface area (Å²) in [5.41, 5.74) is -0.0216. The molecule has 21 heavy (non-hydrogen) atoms. The van der Waals surface area contributed by atoms with Crippen molar-refractivity contribution in [2.24, 2.45) is 0 Å². The van der Waals surface area contributed by atoms with Crippen LogP contribution in [0.2, 0.25) is 0 Å². The molecular formula is C14H11BrF2N2O2. The number of hydrogen-bond donors (Lipinski definition) is 1. The van der Waals surface area contributed by atoms with E-state index in [4.69, 9.17) is 0 Å². The minimum absolute atomic E-state index is 0.115. The molecule has 2 aromatic carbocycles. The molecule has 110 valence electrons. The minimum atomic E-state index is -1.20. The van der Waals surface area contributed by atoms with Crippen molar-refractivity contribution in [2.75, 3.05) is 5.32 Å². The number of nitrogens with one attached hydrogen (secondary N) is 1. The summed E-state index contributed by atoms with van der Waals surface area (Å²) in [5.74, 6) is -2.07. The second-order valence-electron chi connectivity index (χ2n) is 4.46. The van der Waals surface area contributed by atoms with Crippen LogP contribution in [0.15, 0.2) is 40.9 Å². The fraction of sp³-hybridized carbons (Fsp3) is 0.143. The lowest BCUT2D eigenvalue weighted by Crippen LogP contribution is -2.09. The summed E-state index contributed by atoms with van der Waals surface area (Å²) in [6.07, 6.45) is 0. The summed E-state index contributed by atoms with van der Waals surface area (Å²) >= 11 is 3.33. The molecule has 0 aromatic heterocycles. The minimum Gasteiger partial charge on any atom is -0.376 e. The Morgan fingerprint density at radius 2 is 1.95 bits per heavy atom. The van der Waals surface area contributed by atoms with E-state index in [2.05, 4.69) is 21.2 Å². The molecule has 1 unspecified atom stereocenters. The standard InChI is InChI=1S/C14H11BrF2N2O2/c1-8(9-3-2-4-10(15)5-9)18-13-7-14(19(20)21)12(17)6-11(13)16/h2-8,18H,1H3. The average Bonchev–Trinajstić information content (AvgIpc) is 2.41. The molecule has 0 heterocycles. The van der Waals surface area contributed by atoms with Crippen molar-refractivity contribution in [1.29, 1.82) is 0 Å². The quantitative estimate of drug-likeness (QED) is 0.631. The number of hydrogen-bond acceptors (Lipinski definition) is 3. The summed E-state index contributed by atoms with van der Waals surface area (Å²) in [6.45, 7) is 1.77. The Bertz CT molecular complexity index is 695. The van der Waals surface area contributed by atoms with Crippen LogP contribution in [0.4, 0.5) is 20.2 Å². The highest BCUT2D eigenvalue weighted by molar-refractivity contribution is 9.10. The van der Waals surface area contributed by atoms with Crippen molar-refractivity contribution in [2.45, 2.75) is 13.0 Å². The first-order valence-corrected chi connectivity index (χ1v) is 6.83. The lowest BCUT2D eigenvalue weighted by molar-refractivity contribution is -0.387. The Morgan fingerprint density at radius 3 is 2.57 bits per heavy atom. The molecule has 7 heteroatoms. The topological polar surface area (TPSA) is 55.2 Å². The number of nitro benzene ring substituents is 1. The molecule has 0 aliphatic rings. The number of anilines is 1. The van der Waals surface area contributed by atoms with Crippen LogP contribution >= 0.6 is 15.9 Å². The summed E-state index contributed by atoms with van der Waals surface area (Å²) in [4.78, 5) is 9.81. The van der Waals surface area contributed by atoms with Crippen LogP contribution in [0.3, 0.4) is 0 Å². The molecule has 0 amide bonds. The van der Waals surface area contributed by atoms with Gasteiger partial charge < -0.3 is 5.32 Å². The molecule has 2 aromatic rings. The molecule has 0 radical (unpaired) electrons. The first-order chi connectivity index (χ1) is 9.88. The van der Waals surface area contributed by atoms with E-state index in [1.165, 1.54) is 0 Å². The van der Waals surface area contributed by atoms with Crippen LogP contribution in [-0.4, -0.2) is 4.92 Å². The van der Waals surface area contributed by atoms with Crippen molar-refractivity contribution < 1.29 is 13.7 Å². The maximum atomic E-state index is 13.7. The van der Waals surface area contributed by atoms with Gasteiger partial charge in [0.1, 0.15) is 5.82 Å². The summed E-state index contributed by atoms with van der Waals surface area (Å²) in [5, 5.41) is 13.5. The average molecular weight is 357 g/mol. The Balaban J connectivity index is 2.31. The van der Waals surface area contributed by atoms with Crippen LogP contribution in [-0.2, 0) is 0 Å². The monoisotopic (exact) mass is 356 g/mol. The highest BCUT2D eigenvalue weighted by Crippen LogP contribution is 2.28. The van der Waals surface area contributed by atoms with Crippen molar-refractivity contribution in [1.82, 2.24) is 0 Å². The largest absolute Gasteiger partial charge is 0.376 e. The van der Waals surface area contributed by atoms with Gasteiger partial charge in [0.15, 0.2) is 0 Å². The Labute approximate surface area is 128 Å². The van der Waals surface area contributed by atoms with E-state index in [0.29, 0.717) is 6.07 Å². The molecule has 0 fully saturated rings. The fourth-order valence-electron chi connectivity index (χ4n) is 1.88. The van der Waals surface area contributed by atoms with Crippen molar-refractivity contribution >= 4 is 27.3 Å². The number of benzene rings is 2. The molecule has 1 N–H and O–H groups in total. The van der Waals surface area contributed by atoms with E-state index >= 15 is 0 Å². The van der Waals surface area contributed by atoms with E-state index in [1.54, 1.807) is 6.92 Å². The summed E-state index contributed by atoms with van der Waals surface area (Å²) in [7, 11) is 0. The first kappa shape index (κ1) is 15.4. The molecule has 0 bridgehead atoms. The smallest absolute Gasteiger partial charge is 0.307 e. The Hall–Kier alpha value is -2.02. The van der Waals surface area contributed by atoms with Gasteiger partial charge in [0.05, 0.1) is 10.6 Å². The van der Waals surface area contributed by atoms with E-state index in [0.717, 1.165) is 16.1 Å². The van der Waals surface area contributed by atoms with E-state index in [9.17, 15) is 18.9 Å². The molecule has 2 rings (SSSR count). The van der Waals surface area contributed by atoms with E-state index in [1.807, 2.05) is 24.3 Å². The predicted molar refractivity (Wildman–Crippen MR) is 79.2 cm³/mol. The van der Waals surface area contributed by atoms with Gasteiger partial charge in [-0.3, -0.25) is 10.1 Å². The van der Waals surface area contributed by atoms with E-state index in [-0.39, 0.29) is 11.7 Å². The zero-order chi connectivity index (χ0) is 15.6.